The number of carbonyl (C=O) groups excluding carboxylic acids is 2. The number of rotatable bonds is 5. The van der Waals surface area contributed by atoms with Crippen LogP contribution in [0.4, 0.5) is 5.82 Å². The van der Waals surface area contributed by atoms with Gasteiger partial charge in [0.15, 0.2) is 6.29 Å². The van der Waals surface area contributed by atoms with Gasteiger partial charge < -0.3 is 20.1 Å². The van der Waals surface area contributed by atoms with E-state index in [2.05, 4.69) is 15.6 Å². The smallest absolute Gasteiger partial charge is 0.314 e. The van der Waals surface area contributed by atoms with Gasteiger partial charge in [-0.3, -0.25) is 9.59 Å². The minimum atomic E-state index is -0.788. The van der Waals surface area contributed by atoms with Gasteiger partial charge in [0.05, 0.1) is 6.54 Å². The molecule has 0 aliphatic heterocycles. The number of pyridine rings is 1. The molecule has 2 N–H and O–H groups in total. The van der Waals surface area contributed by atoms with Gasteiger partial charge in [-0.2, -0.15) is 0 Å². The summed E-state index contributed by atoms with van der Waals surface area (Å²) < 4.78 is 9.77. The summed E-state index contributed by atoms with van der Waals surface area (Å²) in [7, 11) is 2.88. The van der Waals surface area contributed by atoms with Crippen molar-refractivity contribution in [3.63, 3.8) is 0 Å². The lowest BCUT2D eigenvalue weighted by atomic mass is 10.3. The fourth-order valence-electron chi connectivity index (χ4n) is 1.30. The molecule has 1 rings (SSSR count). The van der Waals surface area contributed by atoms with Crippen molar-refractivity contribution in [2.45, 2.75) is 13.2 Å². The Kier molecular flexibility index (Phi) is 5.91. The van der Waals surface area contributed by atoms with E-state index in [4.69, 9.17) is 9.47 Å². The Morgan fingerprint density at radius 2 is 1.95 bits per heavy atom. The maximum atomic E-state index is 11.6. The number of aromatic nitrogens is 1. The summed E-state index contributed by atoms with van der Waals surface area (Å²) in [4.78, 5) is 27.1. The molecule has 0 spiro atoms. The third-order valence-electron chi connectivity index (χ3n) is 2.29. The lowest BCUT2D eigenvalue weighted by molar-refractivity contribution is -0.139. The summed E-state index contributed by atoms with van der Waals surface area (Å²) in [6.45, 7) is 1.87. The zero-order valence-corrected chi connectivity index (χ0v) is 11.1. The quantitative estimate of drug-likeness (QED) is 0.582. The largest absolute Gasteiger partial charge is 0.354 e. The first kappa shape index (κ1) is 15.1. The van der Waals surface area contributed by atoms with Gasteiger partial charge in [0, 0.05) is 19.9 Å². The number of amides is 2. The second-order valence-electron chi connectivity index (χ2n) is 3.73. The number of nitrogens with zero attached hydrogens (tertiary/aromatic N) is 1. The predicted octanol–water partition coefficient (Wildman–Crippen LogP) is 0.0636. The lowest BCUT2D eigenvalue weighted by Gasteiger charge is -2.13. The molecule has 7 heteroatoms. The summed E-state index contributed by atoms with van der Waals surface area (Å²) in [5, 5.41) is 4.79. The van der Waals surface area contributed by atoms with Gasteiger partial charge in [0.2, 0.25) is 0 Å². The zero-order chi connectivity index (χ0) is 14.3. The minimum absolute atomic E-state index is 0.0838. The molecule has 0 fully saturated rings. The molecule has 0 saturated heterocycles. The maximum Gasteiger partial charge on any atom is 0.314 e. The fourth-order valence-corrected chi connectivity index (χ4v) is 1.30. The van der Waals surface area contributed by atoms with E-state index in [0.29, 0.717) is 5.82 Å². The third-order valence-corrected chi connectivity index (χ3v) is 2.29. The van der Waals surface area contributed by atoms with Crippen molar-refractivity contribution in [2.24, 2.45) is 0 Å². The maximum absolute atomic E-state index is 11.6. The molecular formula is C12H17N3O4. The van der Waals surface area contributed by atoms with Gasteiger partial charge in [0.25, 0.3) is 0 Å². The number of methoxy groups -OCH3 is 2. The lowest BCUT2D eigenvalue weighted by Crippen LogP contribution is -2.40. The van der Waals surface area contributed by atoms with Crippen molar-refractivity contribution in [2.75, 3.05) is 26.1 Å². The Bertz CT molecular complexity index is 446. The molecule has 1 aromatic heterocycles. The van der Waals surface area contributed by atoms with Crippen molar-refractivity contribution in [1.82, 2.24) is 10.3 Å². The topological polar surface area (TPSA) is 89.5 Å². The fraction of sp³-hybridized carbons (Fsp3) is 0.417. The van der Waals surface area contributed by atoms with Crippen LogP contribution in [-0.4, -0.2) is 43.9 Å². The van der Waals surface area contributed by atoms with E-state index >= 15 is 0 Å². The number of aryl methyl sites for hydroxylation is 1. The molecule has 104 valence electrons. The number of hydrogen-bond donors (Lipinski definition) is 2. The van der Waals surface area contributed by atoms with Gasteiger partial charge in [-0.15, -0.1) is 0 Å². The average molecular weight is 267 g/mol. The molecular weight excluding hydrogens is 250 g/mol. The van der Waals surface area contributed by atoms with Gasteiger partial charge in [0.1, 0.15) is 5.82 Å². The highest BCUT2D eigenvalue weighted by Crippen LogP contribution is 2.03. The summed E-state index contributed by atoms with van der Waals surface area (Å²) in [6, 6.07) is 5.13. The molecule has 2 amide bonds. The average Bonchev–Trinajstić information content (AvgIpc) is 2.39. The van der Waals surface area contributed by atoms with Crippen molar-refractivity contribution in [1.29, 1.82) is 0 Å². The number of anilines is 1. The monoisotopic (exact) mass is 267 g/mol. The Hall–Kier alpha value is -1.99. The van der Waals surface area contributed by atoms with E-state index in [0.717, 1.165) is 5.69 Å². The zero-order valence-electron chi connectivity index (χ0n) is 11.1. The van der Waals surface area contributed by atoms with Gasteiger partial charge >= 0.3 is 11.8 Å². The van der Waals surface area contributed by atoms with Crippen molar-refractivity contribution < 1.29 is 19.1 Å². The van der Waals surface area contributed by atoms with E-state index in [1.165, 1.54) is 14.2 Å². The van der Waals surface area contributed by atoms with Crippen LogP contribution in [0.2, 0.25) is 0 Å². The number of carbonyl (C=O) groups is 2. The van der Waals surface area contributed by atoms with Crippen LogP contribution in [0.1, 0.15) is 5.69 Å². The van der Waals surface area contributed by atoms with Crippen LogP contribution in [0.15, 0.2) is 18.2 Å². The molecule has 0 saturated carbocycles. The Balaban J connectivity index is 2.47. The number of ether oxygens (including phenoxy) is 2. The molecule has 0 aromatic carbocycles. The molecule has 1 aromatic rings. The molecule has 0 aliphatic rings. The summed E-state index contributed by atoms with van der Waals surface area (Å²) in [6.07, 6.45) is -0.589. The number of hydrogen-bond acceptors (Lipinski definition) is 5. The molecule has 19 heavy (non-hydrogen) atoms. The van der Waals surface area contributed by atoms with E-state index in [1.54, 1.807) is 25.1 Å². The number of nitrogens with one attached hydrogen (secondary N) is 2. The molecule has 0 radical (unpaired) electrons. The summed E-state index contributed by atoms with van der Waals surface area (Å²) in [5.41, 5.74) is 0.747. The van der Waals surface area contributed by atoms with Crippen LogP contribution in [0.25, 0.3) is 0 Å². The van der Waals surface area contributed by atoms with Crippen LogP contribution in [0.5, 0.6) is 0 Å². The van der Waals surface area contributed by atoms with Gasteiger partial charge in [-0.05, 0) is 19.1 Å². The highest BCUT2D eigenvalue weighted by atomic mass is 16.7. The van der Waals surface area contributed by atoms with Crippen molar-refractivity contribution in [3.8, 4) is 0 Å². The first-order valence-electron chi connectivity index (χ1n) is 5.65. The first-order valence-corrected chi connectivity index (χ1v) is 5.65. The second-order valence-corrected chi connectivity index (χ2v) is 3.73. The van der Waals surface area contributed by atoms with E-state index < -0.39 is 18.1 Å². The van der Waals surface area contributed by atoms with Crippen LogP contribution in [-0.2, 0) is 19.1 Å². The summed E-state index contributed by atoms with van der Waals surface area (Å²) in [5.74, 6) is -1.23. The SMILES string of the molecule is COC(CNC(=O)C(=O)Nc1cccc(C)n1)OC. The molecule has 0 aliphatic carbocycles. The van der Waals surface area contributed by atoms with Crippen molar-refractivity contribution >= 4 is 17.6 Å². The van der Waals surface area contributed by atoms with E-state index in [9.17, 15) is 9.59 Å². The van der Waals surface area contributed by atoms with Crippen LogP contribution < -0.4 is 10.6 Å². The first-order chi connectivity index (χ1) is 9.06. The summed E-state index contributed by atoms with van der Waals surface area (Å²) >= 11 is 0. The van der Waals surface area contributed by atoms with Crippen LogP contribution in [0, 0.1) is 6.92 Å². The van der Waals surface area contributed by atoms with Crippen molar-refractivity contribution in [3.05, 3.63) is 23.9 Å². The van der Waals surface area contributed by atoms with Gasteiger partial charge in [-0.25, -0.2) is 4.98 Å². The van der Waals surface area contributed by atoms with Gasteiger partial charge in [-0.1, -0.05) is 6.07 Å². The van der Waals surface area contributed by atoms with Crippen LogP contribution >= 0.6 is 0 Å². The molecule has 0 atom stereocenters. The minimum Gasteiger partial charge on any atom is -0.354 e. The highest BCUT2D eigenvalue weighted by Gasteiger charge is 2.16. The second kappa shape index (κ2) is 7.45. The standard InChI is InChI=1S/C12H17N3O4/c1-8-5-4-6-9(14-8)15-12(17)11(16)13-7-10(18-2)19-3/h4-6,10H,7H2,1-3H3,(H,13,16)(H,14,15,17). The third kappa shape index (κ3) is 5.02. The van der Waals surface area contributed by atoms with Crippen LogP contribution in [0.3, 0.4) is 0 Å². The molecule has 1 heterocycles. The molecule has 0 bridgehead atoms. The van der Waals surface area contributed by atoms with E-state index in [1.807, 2.05) is 0 Å². The molecule has 7 nitrogen and oxygen atoms in total. The molecule has 0 unspecified atom stereocenters. The Labute approximate surface area is 111 Å². The Morgan fingerprint density at radius 3 is 2.53 bits per heavy atom. The van der Waals surface area contributed by atoms with E-state index in [-0.39, 0.29) is 6.54 Å². The Morgan fingerprint density at radius 1 is 1.26 bits per heavy atom. The normalized spacial score (nSPS) is 10.3. The predicted molar refractivity (Wildman–Crippen MR) is 68.4 cm³/mol. The highest BCUT2D eigenvalue weighted by molar-refractivity contribution is 6.39.